The van der Waals surface area contributed by atoms with Gasteiger partial charge < -0.3 is 0 Å². The molecule has 6 rings (SSSR count). The summed E-state index contributed by atoms with van der Waals surface area (Å²) in [6, 6.07) is 14.3. The molecule has 0 saturated heterocycles. The zero-order valence-electron chi connectivity index (χ0n) is 12.8. The van der Waals surface area contributed by atoms with Gasteiger partial charge in [0.15, 0.2) is 0 Å². The van der Waals surface area contributed by atoms with Crippen LogP contribution in [0.5, 0.6) is 0 Å². The molecule has 0 aromatic heterocycles. The molecule has 120 valence electrons. The van der Waals surface area contributed by atoms with Crippen molar-refractivity contribution in [1.82, 2.24) is 0 Å². The van der Waals surface area contributed by atoms with Crippen LogP contribution in [-0.2, 0) is 25.2 Å². The lowest BCUT2D eigenvalue weighted by Gasteiger charge is -2.18. The van der Waals surface area contributed by atoms with E-state index in [0.717, 1.165) is 18.4 Å². The first-order valence-corrected chi connectivity index (χ1v) is 8.45. The molecule has 0 radical (unpaired) electrons. The molecule has 0 N–H and O–H groups in total. The molecule has 4 aliphatic rings. The third kappa shape index (κ3) is 4.96. The van der Waals surface area contributed by atoms with Crippen LogP contribution in [0, 0.1) is 0 Å². The maximum Gasteiger partial charge on any atom is 0.277 e. The summed E-state index contributed by atoms with van der Waals surface area (Å²) in [6.07, 6.45) is 4.56. The molecule has 22 heavy (non-hydrogen) atoms. The van der Waals surface area contributed by atoms with Crippen LogP contribution in [0.2, 0.25) is 0 Å². The molecule has 0 unspecified atom stereocenters. The van der Waals surface area contributed by atoms with Crippen molar-refractivity contribution in [2.24, 2.45) is 0 Å². The molecule has 0 atom stereocenters. The normalized spacial score (nSPS) is 14.6. The van der Waals surface area contributed by atoms with Crippen molar-refractivity contribution >= 4 is 23.2 Å². The fourth-order valence-electron chi connectivity index (χ4n) is 2.39. The van der Waals surface area contributed by atoms with Gasteiger partial charge in [-0.05, 0) is 29.5 Å². The van der Waals surface area contributed by atoms with Gasteiger partial charge in [0, 0.05) is 24.8 Å². The van der Waals surface area contributed by atoms with Gasteiger partial charge in [-0.15, -0.1) is 23.2 Å². The SMILES string of the molecule is CCl.CCl.FC1(F)Cc2ccc(cc2)CCc2ccc1cc2. The first-order valence-electron chi connectivity index (χ1n) is 6.94. The Morgan fingerprint density at radius 2 is 1.05 bits per heavy atom. The predicted molar refractivity (Wildman–Crippen MR) is 91.4 cm³/mol. The predicted octanol–water partition coefficient (Wildman–Crippen LogP) is 5.83. The number of hydrogen-bond acceptors (Lipinski definition) is 0. The van der Waals surface area contributed by atoms with Crippen LogP contribution >= 0.6 is 23.2 Å². The minimum absolute atomic E-state index is 0.107. The summed E-state index contributed by atoms with van der Waals surface area (Å²) in [5.41, 5.74) is 3.11. The lowest BCUT2D eigenvalue weighted by molar-refractivity contribution is -0.00384. The number of aryl methyl sites for hydroxylation is 2. The average molecular weight is 345 g/mol. The monoisotopic (exact) mass is 344 g/mol. The third-order valence-corrected chi connectivity index (χ3v) is 3.53. The highest BCUT2D eigenvalue weighted by Gasteiger charge is 2.31. The van der Waals surface area contributed by atoms with Crippen molar-refractivity contribution in [3.05, 3.63) is 70.8 Å². The molecule has 0 spiro atoms. The number of benzene rings is 2. The quantitative estimate of drug-likeness (QED) is 0.527. The van der Waals surface area contributed by atoms with Crippen LogP contribution in [0.15, 0.2) is 48.5 Å². The average Bonchev–Trinajstić information content (AvgIpc) is 2.57. The highest BCUT2D eigenvalue weighted by Crippen LogP contribution is 2.32. The van der Waals surface area contributed by atoms with Gasteiger partial charge in [0.05, 0.1) is 0 Å². The second kappa shape index (κ2) is 9.12. The zero-order chi connectivity index (χ0) is 16.6. The Kier molecular flexibility index (Phi) is 7.84. The lowest BCUT2D eigenvalue weighted by Crippen LogP contribution is -2.17. The number of halogens is 4. The van der Waals surface area contributed by atoms with Gasteiger partial charge in [0.2, 0.25) is 0 Å². The molecule has 2 aromatic carbocycles. The molecular formula is C18H20Cl2F2. The fourth-order valence-corrected chi connectivity index (χ4v) is 2.39. The Morgan fingerprint density at radius 3 is 1.50 bits per heavy atom. The van der Waals surface area contributed by atoms with E-state index in [9.17, 15) is 8.78 Å². The van der Waals surface area contributed by atoms with Crippen molar-refractivity contribution in [3.8, 4) is 0 Å². The van der Waals surface area contributed by atoms with Gasteiger partial charge in [-0.1, -0.05) is 48.5 Å². The van der Waals surface area contributed by atoms with Gasteiger partial charge >= 0.3 is 0 Å². The van der Waals surface area contributed by atoms with Crippen molar-refractivity contribution in [3.63, 3.8) is 0 Å². The van der Waals surface area contributed by atoms with Gasteiger partial charge in [-0.3, -0.25) is 0 Å². The van der Waals surface area contributed by atoms with Crippen LogP contribution in [-0.4, -0.2) is 12.8 Å². The largest absolute Gasteiger partial charge is 0.277 e. The number of hydrogen-bond donors (Lipinski definition) is 0. The van der Waals surface area contributed by atoms with E-state index in [4.69, 9.17) is 0 Å². The molecule has 2 aromatic rings. The zero-order valence-corrected chi connectivity index (χ0v) is 14.3. The Labute approximate surface area is 141 Å². The van der Waals surface area contributed by atoms with E-state index in [1.54, 1.807) is 12.1 Å². The number of alkyl halides is 4. The molecule has 0 nitrogen and oxygen atoms in total. The maximum atomic E-state index is 14.1. The van der Waals surface area contributed by atoms with E-state index in [-0.39, 0.29) is 12.0 Å². The Bertz CT molecular complexity index is 548. The van der Waals surface area contributed by atoms with E-state index >= 15 is 0 Å². The summed E-state index contributed by atoms with van der Waals surface area (Å²) in [4.78, 5) is 0. The molecule has 0 saturated carbocycles. The summed E-state index contributed by atoms with van der Waals surface area (Å²) in [7, 11) is 0. The Hall–Kier alpha value is -1.12. The smallest absolute Gasteiger partial charge is 0.201 e. The highest BCUT2D eigenvalue weighted by atomic mass is 35.5. The summed E-state index contributed by atoms with van der Waals surface area (Å²) in [5, 5.41) is 0. The van der Waals surface area contributed by atoms with Gasteiger partial charge in [-0.2, -0.15) is 0 Å². The van der Waals surface area contributed by atoms with Gasteiger partial charge in [0.25, 0.3) is 5.92 Å². The molecule has 0 aliphatic heterocycles. The summed E-state index contributed by atoms with van der Waals surface area (Å²) in [5.74, 6) is -2.79. The standard InChI is InChI=1S/C16H14F2.2CH3Cl/c17-16(18)11-14-5-3-12(4-6-14)1-2-13-7-9-15(16)10-8-13;2*1-2/h3-10H,1-2,11H2;2*1H3. The first kappa shape index (κ1) is 18.9. The maximum absolute atomic E-state index is 14.1. The van der Waals surface area contributed by atoms with Crippen LogP contribution in [0.1, 0.15) is 22.3 Å². The molecule has 0 fully saturated rings. The lowest BCUT2D eigenvalue weighted by atomic mass is 9.95. The topological polar surface area (TPSA) is 0 Å². The van der Waals surface area contributed by atoms with E-state index in [1.807, 2.05) is 36.4 Å². The molecule has 0 amide bonds. The molecule has 4 aliphatic carbocycles. The van der Waals surface area contributed by atoms with Crippen molar-refractivity contribution in [2.45, 2.75) is 25.2 Å². The first-order chi connectivity index (χ1) is 10.6. The van der Waals surface area contributed by atoms with Crippen LogP contribution in [0.4, 0.5) is 8.78 Å². The molecule has 0 heterocycles. The fraction of sp³-hybridized carbons (Fsp3) is 0.333. The second-order valence-corrected chi connectivity index (χ2v) is 4.89. The van der Waals surface area contributed by atoms with Crippen LogP contribution < -0.4 is 0 Å². The van der Waals surface area contributed by atoms with Crippen molar-refractivity contribution in [2.75, 3.05) is 12.8 Å². The summed E-state index contributed by atoms with van der Waals surface area (Å²) >= 11 is 9.28. The van der Waals surface area contributed by atoms with E-state index < -0.39 is 5.92 Å². The highest BCUT2D eigenvalue weighted by molar-refractivity contribution is 6.15. The van der Waals surface area contributed by atoms with Crippen molar-refractivity contribution < 1.29 is 8.78 Å². The Balaban J connectivity index is 0.000000561. The van der Waals surface area contributed by atoms with Crippen LogP contribution in [0.3, 0.4) is 0 Å². The summed E-state index contributed by atoms with van der Waals surface area (Å²) < 4.78 is 28.2. The van der Waals surface area contributed by atoms with E-state index in [1.165, 1.54) is 18.3 Å². The molecular weight excluding hydrogens is 325 g/mol. The molecule has 4 heteroatoms. The van der Waals surface area contributed by atoms with E-state index in [0.29, 0.717) is 5.56 Å². The molecule has 4 bridgehead atoms. The number of rotatable bonds is 0. The third-order valence-electron chi connectivity index (χ3n) is 3.53. The van der Waals surface area contributed by atoms with Crippen molar-refractivity contribution in [1.29, 1.82) is 0 Å². The van der Waals surface area contributed by atoms with E-state index in [2.05, 4.69) is 23.2 Å². The second-order valence-electron chi connectivity index (χ2n) is 4.89. The van der Waals surface area contributed by atoms with Gasteiger partial charge in [-0.25, -0.2) is 8.78 Å². The summed E-state index contributed by atoms with van der Waals surface area (Å²) in [6.45, 7) is 0. The minimum atomic E-state index is -2.79. The van der Waals surface area contributed by atoms with Crippen LogP contribution in [0.25, 0.3) is 0 Å². The Morgan fingerprint density at radius 1 is 0.682 bits per heavy atom. The van der Waals surface area contributed by atoms with Gasteiger partial charge in [0.1, 0.15) is 0 Å². The minimum Gasteiger partial charge on any atom is -0.201 e.